The maximum atomic E-state index is 11.7. The standard InChI is InChI=1S/C12H15N3O5/c1-13-11(16)7-20-12(17)8-4-5-9(14(2)3)10(6-8)15(18)19/h4-6H,7H2,1-3H3,(H,13,16). The van der Waals surface area contributed by atoms with Crippen molar-refractivity contribution in [3.8, 4) is 0 Å². The molecule has 0 atom stereocenters. The number of amides is 1. The monoisotopic (exact) mass is 281 g/mol. The maximum absolute atomic E-state index is 11.7. The highest BCUT2D eigenvalue weighted by atomic mass is 16.6. The number of nitrogens with zero attached hydrogens (tertiary/aromatic N) is 2. The van der Waals surface area contributed by atoms with Crippen molar-refractivity contribution < 1.29 is 19.2 Å². The van der Waals surface area contributed by atoms with E-state index in [1.165, 1.54) is 19.2 Å². The number of carbonyl (C=O) groups excluding carboxylic acids is 2. The number of carbonyl (C=O) groups is 2. The lowest BCUT2D eigenvalue weighted by Gasteiger charge is -2.13. The van der Waals surface area contributed by atoms with Crippen molar-refractivity contribution in [2.45, 2.75) is 0 Å². The molecule has 8 heteroatoms. The van der Waals surface area contributed by atoms with E-state index < -0.39 is 23.4 Å². The SMILES string of the molecule is CNC(=O)COC(=O)c1ccc(N(C)C)c([N+](=O)[O-])c1. The molecule has 0 aromatic heterocycles. The summed E-state index contributed by atoms with van der Waals surface area (Å²) in [6, 6.07) is 3.99. The highest BCUT2D eigenvalue weighted by Crippen LogP contribution is 2.27. The second-order valence-electron chi connectivity index (χ2n) is 4.10. The van der Waals surface area contributed by atoms with Crippen LogP contribution in [0.15, 0.2) is 18.2 Å². The van der Waals surface area contributed by atoms with Crippen LogP contribution in [0.4, 0.5) is 11.4 Å². The van der Waals surface area contributed by atoms with Crippen molar-refractivity contribution in [1.82, 2.24) is 5.32 Å². The molecule has 0 aliphatic rings. The fourth-order valence-electron chi connectivity index (χ4n) is 1.46. The largest absolute Gasteiger partial charge is 0.452 e. The predicted octanol–water partition coefficient (Wildman–Crippen LogP) is 0.564. The molecule has 0 radical (unpaired) electrons. The Kier molecular flexibility index (Phi) is 5.01. The second kappa shape index (κ2) is 6.50. The molecule has 0 spiro atoms. The van der Waals surface area contributed by atoms with Gasteiger partial charge in [0.05, 0.1) is 10.5 Å². The number of likely N-dealkylation sites (N-methyl/N-ethyl adjacent to an activating group) is 1. The number of hydrogen-bond donors (Lipinski definition) is 1. The van der Waals surface area contributed by atoms with Gasteiger partial charge in [-0.05, 0) is 12.1 Å². The molecule has 0 aliphatic heterocycles. The number of rotatable bonds is 5. The summed E-state index contributed by atoms with van der Waals surface area (Å²) >= 11 is 0. The average Bonchev–Trinajstić information content (AvgIpc) is 2.43. The van der Waals surface area contributed by atoms with E-state index in [9.17, 15) is 19.7 Å². The molecule has 0 fully saturated rings. The van der Waals surface area contributed by atoms with E-state index in [2.05, 4.69) is 5.32 Å². The first-order valence-electron chi connectivity index (χ1n) is 5.70. The van der Waals surface area contributed by atoms with Crippen LogP contribution >= 0.6 is 0 Å². The number of nitro benzene ring substituents is 1. The first kappa shape index (κ1) is 15.4. The van der Waals surface area contributed by atoms with E-state index in [1.54, 1.807) is 19.0 Å². The van der Waals surface area contributed by atoms with E-state index in [0.717, 1.165) is 6.07 Å². The summed E-state index contributed by atoms with van der Waals surface area (Å²) < 4.78 is 4.73. The third-order valence-corrected chi connectivity index (χ3v) is 2.50. The molecule has 1 aromatic rings. The van der Waals surface area contributed by atoms with Crippen LogP contribution in [0.1, 0.15) is 10.4 Å². The van der Waals surface area contributed by atoms with Gasteiger partial charge in [0.25, 0.3) is 11.6 Å². The molecule has 0 unspecified atom stereocenters. The minimum absolute atomic E-state index is 0.0196. The number of nitro groups is 1. The van der Waals surface area contributed by atoms with E-state index in [4.69, 9.17) is 4.74 Å². The zero-order chi connectivity index (χ0) is 15.3. The molecule has 1 rings (SSSR count). The number of esters is 1. The molecule has 0 saturated heterocycles. The molecular weight excluding hydrogens is 266 g/mol. The van der Waals surface area contributed by atoms with Crippen LogP contribution in [0.5, 0.6) is 0 Å². The summed E-state index contributed by atoms with van der Waals surface area (Å²) in [6.45, 7) is -0.432. The Bertz CT molecular complexity index is 542. The summed E-state index contributed by atoms with van der Waals surface area (Å²) in [7, 11) is 4.73. The first-order valence-corrected chi connectivity index (χ1v) is 5.70. The summed E-state index contributed by atoms with van der Waals surface area (Å²) in [6.07, 6.45) is 0. The Morgan fingerprint density at radius 2 is 2.05 bits per heavy atom. The van der Waals surface area contributed by atoms with Gasteiger partial charge in [-0.1, -0.05) is 0 Å². The molecule has 1 aromatic carbocycles. The Morgan fingerprint density at radius 3 is 2.55 bits per heavy atom. The molecule has 20 heavy (non-hydrogen) atoms. The highest BCUT2D eigenvalue weighted by Gasteiger charge is 2.19. The molecule has 0 aliphatic carbocycles. The number of nitrogens with one attached hydrogen (secondary N) is 1. The lowest BCUT2D eigenvalue weighted by Crippen LogP contribution is -2.25. The van der Waals surface area contributed by atoms with E-state index >= 15 is 0 Å². The summed E-state index contributed by atoms with van der Waals surface area (Å²) in [5.41, 5.74) is 0.188. The average molecular weight is 281 g/mol. The summed E-state index contributed by atoms with van der Waals surface area (Å²) in [5.74, 6) is -1.25. The summed E-state index contributed by atoms with van der Waals surface area (Å²) in [5, 5.41) is 13.3. The topological polar surface area (TPSA) is 102 Å². The minimum Gasteiger partial charge on any atom is -0.452 e. The quantitative estimate of drug-likeness (QED) is 0.481. The Balaban J connectivity index is 2.97. The smallest absolute Gasteiger partial charge is 0.338 e. The molecular formula is C12H15N3O5. The first-order chi connectivity index (χ1) is 9.36. The summed E-state index contributed by atoms with van der Waals surface area (Å²) in [4.78, 5) is 34.6. The van der Waals surface area contributed by atoms with Crippen LogP contribution in [0.2, 0.25) is 0 Å². The molecule has 1 N–H and O–H groups in total. The van der Waals surface area contributed by atoms with Gasteiger partial charge in [-0.25, -0.2) is 4.79 Å². The third-order valence-electron chi connectivity index (χ3n) is 2.50. The Hall–Kier alpha value is -2.64. The zero-order valence-electron chi connectivity index (χ0n) is 11.4. The van der Waals surface area contributed by atoms with Crippen LogP contribution in [-0.2, 0) is 9.53 Å². The van der Waals surface area contributed by atoms with Gasteiger partial charge in [0.2, 0.25) is 0 Å². The Labute approximate surface area is 115 Å². The van der Waals surface area contributed by atoms with Crippen LogP contribution in [-0.4, -0.2) is 44.5 Å². The van der Waals surface area contributed by atoms with Crippen molar-refractivity contribution in [1.29, 1.82) is 0 Å². The molecule has 0 saturated carbocycles. The van der Waals surface area contributed by atoms with E-state index in [0.29, 0.717) is 5.69 Å². The van der Waals surface area contributed by atoms with Gasteiger partial charge >= 0.3 is 5.97 Å². The highest BCUT2D eigenvalue weighted by molar-refractivity contribution is 5.93. The van der Waals surface area contributed by atoms with Crippen LogP contribution in [0, 0.1) is 10.1 Å². The van der Waals surface area contributed by atoms with Crippen LogP contribution in [0.25, 0.3) is 0 Å². The van der Waals surface area contributed by atoms with Gasteiger partial charge in [-0.2, -0.15) is 0 Å². The zero-order valence-corrected chi connectivity index (χ0v) is 11.4. The molecule has 1 amide bonds. The number of ether oxygens (including phenoxy) is 1. The fourth-order valence-corrected chi connectivity index (χ4v) is 1.46. The van der Waals surface area contributed by atoms with Gasteiger partial charge in [-0.3, -0.25) is 14.9 Å². The molecule has 0 bridgehead atoms. The van der Waals surface area contributed by atoms with Crippen molar-refractivity contribution in [2.75, 3.05) is 32.6 Å². The van der Waals surface area contributed by atoms with Gasteiger partial charge in [0.15, 0.2) is 6.61 Å². The Morgan fingerprint density at radius 1 is 1.40 bits per heavy atom. The van der Waals surface area contributed by atoms with Crippen molar-refractivity contribution >= 4 is 23.3 Å². The number of anilines is 1. The number of hydrogen-bond acceptors (Lipinski definition) is 6. The van der Waals surface area contributed by atoms with E-state index in [-0.39, 0.29) is 11.3 Å². The maximum Gasteiger partial charge on any atom is 0.338 e. The van der Waals surface area contributed by atoms with Crippen LogP contribution < -0.4 is 10.2 Å². The predicted molar refractivity (Wildman–Crippen MR) is 71.8 cm³/mol. The van der Waals surface area contributed by atoms with Gasteiger partial charge in [0.1, 0.15) is 5.69 Å². The number of benzene rings is 1. The van der Waals surface area contributed by atoms with E-state index in [1.807, 2.05) is 0 Å². The molecule has 0 heterocycles. The van der Waals surface area contributed by atoms with Crippen molar-refractivity contribution in [3.05, 3.63) is 33.9 Å². The molecule has 8 nitrogen and oxygen atoms in total. The van der Waals surface area contributed by atoms with Gasteiger partial charge in [0, 0.05) is 27.2 Å². The normalized spacial score (nSPS) is 9.75. The van der Waals surface area contributed by atoms with Crippen molar-refractivity contribution in [2.24, 2.45) is 0 Å². The van der Waals surface area contributed by atoms with Crippen LogP contribution in [0.3, 0.4) is 0 Å². The van der Waals surface area contributed by atoms with Gasteiger partial charge in [-0.15, -0.1) is 0 Å². The lowest BCUT2D eigenvalue weighted by molar-refractivity contribution is -0.384. The third kappa shape index (κ3) is 3.67. The lowest BCUT2D eigenvalue weighted by atomic mass is 10.1. The fraction of sp³-hybridized carbons (Fsp3) is 0.333. The molecule has 108 valence electrons. The van der Waals surface area contributed by atoms with Gasteiger partial charge < -0.3 is 15.0 Å². The minimum atomic E-state index is -0.790. The second-order valence-corrected chi connectivity index (χ2v) is 4.10. The van der Waals surface area contributed by atoms with Crippen molar-refractivity contribution in [3.63, 3.8) is 0 Å².